The molecule has 0 radical (unpaired) electrons. The van der Waals surface area contributed by atoms with Crippen LogP contribution in [0.5, 0.6) is 11.5 Å². The summed E-state index contributed by atoms with van der Waals surface area (Å²) in [5, 5.41) is 10.1. The van der Waals surface area contributed by atoms with Gasteiger partial charge >= 0.3 is 6.18 Å². The molecule has 0 aliphatic carbocycles. The lowest BCUT2D eigenvalue weighted by atomic mass is 9.95. The van der Waals surface area contributed by atoms with Gasteiger partial charge in [0.1, 0.15) is 17.6 Å². The van der Waals surface area contributed by atoms with Crippen LogP contribution in [-0.2, 0) is 6.18 Å². The Morgan fingerprint density at radius 3 is 2.61 bits per heavy atom. The molecule has 3 rings (SSSR count). The average Bonchev–Trinajstić information content (AvgIpc) is 2.47. The monoisotopic (exact) mass is 342 g/mol. The number of para-hydroxylation sites is 1. The van der Waals surface area contributed by atoms with Gasteiger partial charge in [0.25, 0.3) is 0 Å². The lowest BCUT2D eigenvalue weighted by Gasteiger charge is -2.26. The fourth-order valence-electron chi connectivity index (χ4n) is 2.48. The van der Waals surface area contributed by atoms with Crippen molar-refractivity contribution in [2.45, 2.75) is 18.7 Å². The zero-order chi connectivity index (χ0) is 16.8. The van der Waals surface area contributed by atoms with E-state index in [0.29, 0.717) is 11.6 Å². The molecule has 0 amide bonds. The molecule has 7 heteroatoms. The lowest BCUT2D eigenvalue weighted by Crippen LogP contribution is -2.21. The van der Waals surface area contributed by atoms with Crippen LogP contribution in [0.2, 0.25) is 5.02 Å². The molecule has 0 spiro atoms. The minimum atomic E-state index is -4.56. The number of benzene rings is 2. The highest BCUT2D eigenvalue weighted by Crippen LogP contribution is 2.42. The maximum absolute atomic E-state index is 12.6. The summed E-state index contributed by atoms with van der Waals surface area (Å²) in [4.78, 5) is 12.2. The van der Waals surface area contributed by atoms with Gasteiger partial charge in [-0.2, -0.15) is 13.2 Å². The lowest BCUT2D eigenvalue weighted by molar-refractivity contribution is -0.137. The molecule has 2 aromatic carbocycles. The Labute approximate surface area is 134 Å². The normalized spacial score (nSPS) is 17.6. The molecule has 0 bridgehead atoms. The second kappa shape index (κ2) is 5.45. The van der Waals surface area contributed by atoms with E-state index in [1.807, 2.05) is 0 Å². The third kappa shape index (κ3) is 2.86. The van der Waals surface area contributed by atoms with Crippen molar-refractivity contribution in [2.24, 2.45) is 0 Å². The van der Waals surface area contributed by atoms with Crippen molar-refractivity contribution >= 4 is 17.4 Å². The number of ketones is 1. The first-order valence-corrected chi connectivity index (χ1v) is 7.03. The standard InChI is InChI=1S/C16H10ClF3O3/c17-11-3-1-2-10-13(22)7-14(23-15(10)11)9-5-4-8(6-12(9)21)16(18,19)20/h1-6,14,21H,7H2. The summed E-state index contributed by atoms with van der Waals surface area (Å²) in [7, 11) is 0. The van der Waals surface area contributed by atoms with E-state index in [-0.39, 0.29) is 28.5 Å². The van der Waals surface area contributed by atoms with Crippen LogP contribution in [0.15, 0.2) is 36.4 Å². The van der Waals surface area contributed by atoms with E-state index in [1.54, 1.807) is 18.2 Å². The Morgan fingerprint density at radius 1 is 1.22 bits per heavy atom. The Kier molecular flexibility index (Phi) is 3.72. The molecule has 23 heavy (non-hydrogen) atoms. The van der Waals surface area contributed by atoms with Crippen LogP contribution in [0.3, 0.4) is 0 Å². The van der Waals surface area contributed by atoms with Gasteiger partial charge in [-0.05, 0) is 24.3 Å². The van der Waals surface area contributed by atoms with E-state index < -0.39 is 23.6 Å². The minimum absolute atomic E-state index is 0.0910. The van der Waals surface area contributed by atoms with E-state index in [4.69, 9.17) is 16.3 Å². The first-order chi connectivity index (χ1) is 10.8. The van der Waals surface area contributed by atoms with Crippen molar-refractivity contribution < 1.29 is 27.8 Å². The topological polar surface area (TPSA) is 46.5 Å². The van der Waals surface area contributed by atoms with Gasteiger partial charge in [0, 0.05) is 5.56 Å². The van der Waals surface area contributed by atoms with Gasteiger partial charge in [0.15, 0.2) is 5.78 Å². The van der Waals surface area contributed by atoms with Gasteiger partial charge < -0.3 is 9.84 Å². The molecular weight excluding hydrogens is 333 g/mol. The van der Waals surface area contributed by atoms with Crippen LogP contribution < -0.4 is 4.74 Å². The Balaban J connectivity index is 1.98. The van der Waals surface area contributed by atoms with Crippen LogP contribution in [0.1, 0.15) is 34.0 Å². The predicted octanol–water partition coefficient (Wildman–Crippen LogP) is 4.77. The number of carbonyl (C=O) groups excluding carboxylic acids is 1. The largest absolute Gasteiger partial charge is 0.508 e. The summed E-state index contributed by atoms with van der Waals surface area (Å²) in [5.74, 6) is -0.652. The molecule has 2 aromatic rings. The highest BCUT2D eigenvalue weighted by Gasteiger charge is 2.34. The Bertz CT molecular complexity index is 787. The van der Waals surface area contributed by atoms with Gasteiger partial charge in [-0.15, -0.1) is 0 Å². The molecule has 0 saturated heterocycles. The number of ether oxygens (including phenoxy) is 1. The first kappa shape index (κ1) is 15.7. The fraction of sp³-hybridized carbons (Fsp3) is 0.188. The number of hydrogen-bond acceptors (Lipinski definition) is 3. The number of alkyl halides is 3. The van der Waals surface area contributed by atoms with Crippen LogP contribution in [0, 0.1) is 0 Å². The number of phenolic OH excluding ortho intramolecular Hbond substituents is 1. The van der Waals surface area contributed by atoms with Gasteiger partial charge in [-0.1, -0.05) is 23.7 Å². The maximum atomic E-state index is 12.6. The molecule has 1 atom stereocenters. The van der Waals surface area contributed by atoms with E-state index in [0.717, 1.165) is 12.1 Å². The molecule has 0 fully saturated rings. The summed E-state index contributed by atoms with van der Waals surface area (Å²) in [5.41, 5.74) is -0.545. The van der Waals surface area contributed by atoms with Gasteiger partial charge in [0.2, 0.25) is 0 Å². The van der Waals surface area contributed by atoms with Gasteiger partial charge in [0.05, 0.1) is 22.6 Å². The molecule has 0 saturated carbocycles. The third-order valence-electron chi connectivity index (χ3n) is 3.60. The molecule has 3 nitrogen and oxygen atoms in total. The summed E-state index contributed by atoms with van der Waals surface area (Å²) >= 11 is 6.00. The van der Waals surface area contributed by atoms with Crippen molar-refractivity contribution in [3.05, 3.63) is 58.1 Å². The number of hydrogen-bond donors (Lipinski definition) is 1. The van der Waals surface area contributed by atoms with Crippen LogP contribution in [0.25, 0.3) is 0 Å². The van der Waals surface area contributed by atoms with E-state index in [1.165, 1.54) is 0 Å². The Hall–Kier alpha value is -2.21. The number of carbonyl (C=O) groups is 1. The number of Topliss-reactive ketones (excluding diaryl/α,β-unsaturated/α-hetero) is 1. The number of aromatic hydroxyl groups is 1. The molecule has 1 aliphatic heterocycles. The molecule has 1 unspecified atom stereocenters. The zero-order valence-corrected chi connectivity index (χ0v) is 12.3. The fourth-order valence-corrected chi connectivity index (χ4v) is 2.70. The predicted molar refractivity (Wildman–Crippen MR) is 76.9 cm³/mol. The summed E-state index contributed by atoms with van der Waals surface area (Å²) in [6.07, 6.45) is -5.54. The van der Waals surface area contributed by atoms with E-state index in [2.05, 4.69) is 0 Å². The quantitative estimate of drug-likeness (QED) is 0.812. The maximum Gasteiger partial charge on any atom is 0.416 e. The highest BCUT2D eigenvalue weighted by molar-refractivity contribution is 6.32. The van der Waals surface area contributed by atoms with Crippen LogP contribution in [-0.4, -0.2) is 10.9 Å². The second-order valence-corrected chi connectivity index (χ2v) is 5.53. The molecule has 0 aromatic heterocycles. The second-order valence-electron chi connectivity index (χ2n) is 5.12. The molecule has 1 heterocycles. The van der Waals surface area contributed by atoms with Crippen molar-refractivity contribution in [1.29, 1.82) is 0 Å². The van der Waals surface area contributed by atoms with Crippen molar-refractivity contribution in [3.8, 4) is 11.5 Å². The van der Waals surface area contributed by atoms with Crippen molar-refractivity contribution in [2.75, 3.05) is 0 Å². The van der Waals surface area contributed by atoms with Crippen molar-refractivity contribution in [3.63, 3.8) is 0 Å². The number of fused-ring (bicyclic) bond motifs is 1. The number of rotatable bonds is 1. The molecular formula is C16H10ClF3O3. The number of halogens is 4. The summed E-state index contributed by atoms with van der Waals surface area (Å²) in [6, 6.07) is 7.28. The van der Waals surface area contributed by atoms with Crippen LogP contribution in [0.4, 0.5) is 13.2 Å². The smallest absolute Gasteiger partial charge is 0.416 e. The highest BCUT2D eigenvalue weighted by atomic mass is 35.5. The summed E-state index contributed by atoms with van der Waals surface area (Å²) in [6.45, 7) is 0. The zero-order valence-electron chi connectivity index (χ0n) is 11.5. The molecule has 1 N–H and O–H groups in total. The van der Waals surface area contributed by atoms with Gasteiger partial charge in [-0.3, -0.25) is 4.79 Å². The van der Waals surface area contributed by atoms with Crippen LogP contribution >= 0.6 is 11.6 Å². The average molecular weight is 343 g/mol. The molecule has 1 aliphatic rings. The summed E-state index contributed by atoms with van der Waals surface area (Å²) < 4.78 is 43.6. The third-order valence-corrected chi connectivity index (χ3v) is 3.90. The first-order valence-electron chi connectivity index (χ1n) is 6.66. The minimum Gasteiger partial charge on any atom is -0.508 e. The van der Waals surface area contributed by atoms with Gasteiger partial charge in [-0.25, -0.2) is 0 Å². The Morgan fingerprint density at radius 2 is 1.96 bits per heavy atom. The van der Waals surface area contributed by atoms with E-state index in [9.17, 15) is 23.1 Å². The SMILES string of the molecule is O=C1CC(c2ccc(C(F)(F)F)cc2O)Oc2c(Cl)cccc21. The molecule has 120 valence electrons. The van der Waals surface area contributed by atoms with E-state index >= 15 is 0 Å². The number of phenols is 1. The van der Waals surface area contributed by atoms with Crippen molar-refractivity contribution in [1.82, 2.24) is 0 Å².